The van der Waals surface area contributed by atoms with Gasteiger partial charge in [0.1, 0.15) is 18.5 Å². The van der Waals surface area contributed by atoms with Gasteiger partial charge < -0.3 is 31.5 Å². The summed E-state index contributed by atoms with van der Waals surface area (Å²) in [6, 6.07) is 0. The summed E-state index contributed by atoms with van der Waals surface area (Å²) in [6.07, 6.45) is -3.33. The van der Waals surface area contributed by atoms with Gasteiger partial charge in [-0.15, -0.1) is 5.92 Å². The van der Waals surface area contributed by atoms with E-state index in [1.165, 1.54) is 11.2 Å². The zero-order valence-corrected chi connectivity index (χ0v) is 10.8. The molecule has 20 heavy (non-hydrogen) atoms. The van der Waals surface area contributed by atoms with E-state index in [4.69, 9.17) is 16.2 Å². The molecule has 2 unspecified atom stereocenters. The molecule has 0 radical (unpaired) electrons. The molecule has 9 heteroatoms. The molecule has 2 aliphatic rings. The Morgan fingerprint density at radius 1 is 1.55 bits per heavy atom. The van der Waals surface area contributed by atoms with E-state index >= 15 is 0 Å². The van der Waals surface area contributed by atoms with Crippen LogP contribution < -0.4 is 11.5 Å². The molecule has 0 spiro atoms. The molecule has 2 aliphatic heterocycles. The maximum absolute atomic E-state index is 10.2. The van der Waals surface area contributed by atoms with Crippen LogP contribution in [0.1, 0.15) is 6.92 Å². The second kappa shape index (κ2) is 5.35. The molecule has 5 atom stereocenters. The highest BCUT2D eigenvalue weighted by molar-refractivity contribution is 5.87. The largest absolute Gasteiger partial charge is 0.394 e. The first-order chi connectivity index (χ1) is 9.43. The summed E-state index contributed by atoms with van der Waals surface area (Å²) in [7, 11) is 0. The first kappa shape index (κ1) is 14.7. The van der Waals surface area contributed by atoms with Gasteiger partial charge in [0.05, 0.1) is 6.61 Å². The molecule has 0 amide bonds. The Bertz CT molecular complexity index is 499. The maximum atomic E-state index is 10.2. The topological polar surface area (TPSA) is 150 Å². The smallest absolute Gasteiger partial charge is 0.231 e. The average Bonchev–Trinajstić information content (AvgIpc) is 2.63. The Hall–Kier alpha value is -1.70. The molecule has 7 N–H and O–H groups in total. The van der Waals surface area contributed by atoms with Gasteiger partial charge in [-0.3, -0.25) is 4.90 Å². The molecule has 110 valence electrons. The van der Waals surface area contributed by atoms with Crippen molar-refractivity contribution in [1.82, 2.24) is 4.90 Å². The third-order valence-electron chi connectivity index (χ3n) is 3.18. The fourth-order valence-corrected chi connectivity index (χ4v) is 2.20. The lowest BCUT2D eigenvalue weighted by Gasteiger charge is -2.36. The number of aliphatic imine (C=N–C) groups is 2. The summed E-state index contributed by atoms with van der Waals surface area (Å²) < 4.78 is 5.47. The predicted octanol–water partition coefficient (Wildman–Crippen LogP) is -3.28. The minimum Gasteiger partial charge on any atom is -0.394 e. The molecular weight excluding hydrogens is 266 g/mol. The van der Waals surface area contributed by atoms with Crippen molar-refractivity contribution in [2.24, 2.45) is 21.5 Å². The molecule has 0 aromatic carbocycles. The molecule has 2 heterocycles. The van der Waals surface area contributed by atoms with Crippen LogP contribution in [0.4, 0.5) is 0 Å². The summed E-state index contributed by atoms with van der Waals surface area (Å²) in [5.41, 5.74) is 9.96. The van der Waals surface area contributed by atoms with Crippen LogP contribution >= 0.6 is 0 Å². The maximum Gasteiger partial charge on any atom is 0.231 e. The van der Waals surface area contributed by atoms with E-state index in [0.717, 1.165) is 0 Å². The van der Waals surface area contributed by atoms with Crippen molar-refractivity contribution >= 4 is 12.3 Å². The normalized spacial score (nSPS) is 40.2. The number of hydrogen-bond acceptors (Lipinski definition) is 9. The second-order valence-electron chi connectivity index (χ2n) is 4.49. The minimum atomic E-state index is -1.50. The van der Waals surface area contributed by atoms with E-state index in [-0.39, 0.29) is 5.96 Å². The van der Waals surface area contributed by atoms with Crippen LogP contribution in [-0.4, -0.2) is 69.5 Å². The highest BCUT2D eigenvalue weighted by atomic mass is 16.6. The number of hydrogen-bond donors (Lipinski definition) is 5. The van der Waals surface area contributed by atoms with E-state index in [1.54, 1.807) is 6.92 Å². The van der Waals surface area contributed by atoms with E-state index in [0.29, 0.717) is 0 Å². The average molecular weight is 283 g/mol. The van der Waals surface area contributed by atoms with Gasteiger partial charge >= 0.3 is 0 Å². The van der Waals surface area contributed by atoms with Crippen molar-refractivity contribution in [3.63, 3.8) is 0 Å². The molecule has 1 fully saturated rings. The predicted molar refractivity (Wildman–Crippen MR) is 70.1 cm³/mol. The molecule has 9 nitrogen and oxygen atoms in total. The van der Waals surface area contributed by atoms with Crippen molar-refractivity contribution in [2.75, 3.05) is 6.61 Å². The lowest BCUT2D eigenvalue weighted by Crippen LogP contribution is -2.62. The first-order valence-corrected chi connectivity index (χ1v) is 5.94. The summed E-state index contributed by atoms with van der Waals surface area (Å²) in [5, 5.41) is 29.2. The molecule has 0 saturated carbocycles. The Balaban J connectivity index is 2.34. The standard InChI is InChI=1S/C11H17N5O4/c1-2-3-11(13)7(18)6(4-17)20-8(11)16-5-14-9(12)15-10(16)19/h5-8,10,17-19H,4,13H2,1H3,(H2,12,15)/t6-,7+,8-,10?,11?/m1/s1. The minimum absolute atomic E-state index is 0.0878. The summed E-state index contributed by atoms with van der Waals surface area (Å²) in [6.45, 7) is 1.12. The van der Waals surface area contributed by atoms with Gasteiger partial charge in [0, 0.05) is 0 Å². The second-order valence-corrected chi connectivity index (χ2v) is 4.49. The Kier molecular flexibility index (Phi) is 3.94. The van der Waals surface area contributed by atoms with Crippen molar-refractivity contribution < 1.29 is 20.1 Å². The monoisotopic (exact) mass is 283 g/mol. The number of nitrogens with zero attached hydrogens (tertiary/aromatic N) is 3. The van der Waals surface area contributed by atoms with Crippen LogP contribution in [0.15, 0.2) is 9.98 Å². The SMILES string of the molecule is CC#CC1(N)[C@@H](O)[C@@H](CO)O[C@H]1N1C=NC(N)=NC1O. The van der Waals surface area contributed by atoms with Gasteiger partial charge in [-0.1, -0.05) is 5.92 Å². The Morgan fingerprint density at radius 2 is 2.25 bits per heavy atom. The Morgan fingerprint density at radius 3 is 2.80 bits per heavy atom. The number of guanidine groups is 1. The number of aliphatic hydroxyl groups excluding tert-OH is 3. The summed E-state index contributed by atoms with van der Waals surface area (Å²) >= 11 is 0. The lowest BCUT2D eigenvalue weighted by molar-refractivity contribution is -0.103. The van der Waals surface area contributed by atoms with Crippen molar-refractivity contribution in [2.45, 2.75) is 37.3 Å². The molecule has 0 aromatic heterocycles. The molecular formula is C11H17N5O4. The van der Waals surface area contributed by atoms with E-state index < -0.39 is 36.9 Å². The van der Waals surface area contributed by atoms with Crippen LogP contribution in [0.5, 0.6) is 0 Å². The Labute approximate surface area is 115 Å². The number of ether oxygens (including phenoxy) is 1. The van der Waals surface area contributed by atoms with Crippen LogP contribution in [0.2, 0.25) is 0 Å². The fourth-order valence-electron chi connectivity index (χ4n) is 2.20. The van der Waals surface area contributed by atoms with E-state index in [1.807, 2.05) is 0 Å². The highest BCUT2D eigenvalue weighted by Gasteiger charge is 2.56. The van der Waals surface area contributed by atoms with Crippen LogP contribution in [0, 0.1) is 11.8 Å². The van der Waals surface area contributed by atoms with Crippen LogP contribution in [-0.2, 0) is 4.74 Å². The summed E-state index contributed by atoms with van der Waals surface area (Å²) in [5.74, 6) is 5.18. The summed E-state index contributed by atoms with van der Waals surface area (Å²) in [4.78, 5) is 8.59. The van der Waals surface area contributed by atoms with Gasteiger partial charge in [0.15, 0.2) is 11.8 Å². The van der Waals surface area contributed by atoms with Crippen LogP contribution in [0.3, 0.4) is 0 Å². The highest BCUT2D eigenvalue weighted by Crippen LogP contribution is 2.32. The van der Waals surface area contributed by atoms with Gasteiger partial charge in [-0.2, -0.15) is 4.99 Å². The molecule has 2 rings (SSSR count). The third kappa shape index (κ3) is 2.24. The van der Waals surface area contributed by atoms with E-state index in [9.17, 15) is 15.3 Å². The zero-order chi connectivity index (χ0) is 14.9. The molecule has 0 aliphatic carbocycles. The number of aliphatic hydroxyl groups is 3. The van der Waals surface area contributed by atoms with Gasteiger partial charge in [-0.25, -0.2) is 4.99 Å². The molecule has 1 saturated heterocycles. The van der Waals surface area contributed by atoms with E-state index in [2.05, 4.69) is 21.8 Å². The van der Waals surface area contributed by atoms with Crippen molar-refractivity contribution in [3.05, 3.63) is 0 Å². The lowest BCUT2D eigenvalue weighted by atomic mass is 9.91. The van der Waals surface area contributed by atoms with Crippen molar-refractivity contribution in [3.8, 4) is 11.8 Å². The van der Waals surface area contributed by atoms with Crippen LogP contribution in [0.25, 0.3) is 0 Å². The zero-order valence-electron chi connectivity index (χ0n) is 10.8. The third-order valence-corrected chi connectivity index (χ3v) is 3.18. The van der Waals surface area contributed by atoms with Crippen molar-refractivity contribution in [1.29, 1.82) is 0 Å². The quantitative estimate of drug-likeness (QED) is 0.333. The number of rotatable bonds is 2. The van der Waals surface area contributed by atoms with Gasteiger partial charge in [0.2, 0.25) is 12.3 Å². The molecule has 0 bridgehead atoms. The first-order valence-electron chi connectivity index (χ1n) is 5.94. The van der Waals surface area contributed by atoms with Gasteiger partial charge in [0.25, 0.3) is 0 Å². The molecule has 0 aromatic rings. The van der Waals surface area contributed by atoms with Gasteiger partial charge in [-0.05, 0) is 6.92 Å². The number of nitrogens with two attached hydrogens (primary N) is 2. The fraction of sp³-hybridized carbons (Fsp3) is 0.636.